The van der Waals surface area contributed by atoms with Gasteiger partial charge in [-0.2, -0.15) is 10.1 Å². The third kappa shape index (κ3) is 6.04. The fourth-order valence-electron chi connectivity index (χ4n) is 4.12. The number of carbonyl (C=O) groups excluding carboxylic acids is 1. The predicted molar refractivity (Wildman–Crippen MR) is 141 cm³/mol. The number of phosphoric acid groups is 1. The highest BCUT2D eigenvalue weighted by Crippen LogP contribution is 2.45. The van der Waals surface area contributed by atoms with Gasteiger partial charge in [0.05, 0.1) is 30.5 Å². The van der Waals surface area contributed by atoms with Gasteiger partial charge >= 0.3 is 7.82 Å². The van der Waals surface area contributed by atoms with Crippen LogP contribution in [0.3, 0.4) is 0 Å². The van der Waals surface area contributed by atoms with E-state index in [-0.39, 0.29) is 29.0 Å². The second kappa shape index (κ2) is 10.8. The zero-order chi connectivity index (χ0) is 27.6. The number of benzene rings is 2. The number of ether oxygens (including phenoxy) is 1. The molecule has 5 N–H and O–H groups in total. The molecule has 13 nitrogen and oxygen atoms in total. The third-order valence-electron chi connectivity index (χ3n) is 5.73. The quantitative estimate of drug-likeness (QED) is 0.159. The number of nitrogens with zero attached hydrogens (tertiary/aromatic N) is 4. The maximum Gasteiger partial charge on any atom is 0.524 e. The van der Waals surface area contributed by atoms with Crippen molar-refractivity contribution in [2.75, 3.05) is 41.8 Å². The van der Waals surface area contributed by atoms with Crippen molar-refractivity contribution < 1.29 is 32.8 Å². The SMILES string of the molecule is C=CC(=O)Nc1cccc(-c2nc(Nc3cc(F)c(N4CCOCC4)c(OP(=O)(O)O)c3)nc3[nH]ncc23)c1. The Hall–Kier alpha value is -4.36. The smallest absolute Gasteiger partial charge is 0.402 e. The average Bonchev–Trinajstić information content (AvgIpc) is 3.36. The van der Waals surface area contributed by atoms with Crippen molar-refractivity contribution >= 4 is 47.8 Å². The Labute approximate surface area is 220 Å². The number of hydrogen-bond acceptors (Lipinski definition) is 9. The number of anilines is 4. The number of halogens is 1. The van der Waals surface area contributed by atoms with Crippen LogP contribution in [0.15, 0.2) is 55.3 Å². The largest absolute Gasteiger partial charge is 0.524 e. The van der Waals surface area contributed by atoms with E-state index < -0.39 is 13.6 Å². The highest BCUT2D eigenvalue weighted by molar-refractivity contribution is 7.46. The van der Waals surface area contributed by atoms with Crippen LogP contribution in [0.2, 0.25) is 0 Å². The van der Waals surface area contributed by atoms with Crippen molar-refractivity contribution in [1.29, 1.82) is 0 Å². The number of morpholine rings is 1. The summed E-state index contributed by atoms with van der Waals surface area (Å²) in [5.74, 6) is -1.44. The van der Waals surface area contributed by atoms with E-state index in [4.69, 9.17) is 9.26 Å². The molecule has 202 valence electrons. The van der Waals surface area contributed by atoms with Gasteiger partial charge in [0.15, 0.2) is 17.2 Å². The van der Waals surface area contributed by atoms with E-state index in [2.05, 4.69) is 37.4 Å². The molecule has 1 aliphatic heterocycles. The van der Waals surface area contributed by atoms with Crippen LogP contribution in [0.5, 0.6) is 5.75 Å². The summed E-state index contributed by atoms with van der Waals surface area (Å²) in [4.78, 5) is 41.2. The molecule has 2 aromatic carbocycles. The molecule has 1 saturated heterocycles. The van der Waals surface area contributed by atoms with E-state index in [1.54, 1.807) is 35.4 Å². The number of amides is 1. The van der Waals surface area contributed by atoms with E-state index in [1.807, 2.05) is 0 Å². The standard InChI is InChI=1S/C24H23FN7O6P/c1-2-20(33)27-15-5-3-4-14(10-15)21-17-13-26-31-23(17)30-24(29-21)28-16-11-18(25)22(32-6-8-37-9-7-32)19(12-16)38-39(34,35)36/h2-5,10-13H,1,6-9H2,(H,27,33)(H2,34,35,36)(H2,26,28,29,30,31). The second-order valence-corrected chi connectivity index (χ2v) is 9.58. The fraction of sp³-hybridized carbons (Fsp3) is 0.167. The van der Waals surface area contributed by atoms with Gasteiger partial charge in [0.2, 0.25) is 11.9 Å². The Bertz CT molecular complexity index is 1600. The molecule has 3 heterocycles. The van der Waals surface area contributed by atoms with Crippen molar-refractivity contribution in [1.82, 2.24) is 20.2 Å². The summed E-state index contributed by atoms with van der Waals surface area (Å²) < 4.78 is 37.2. The maximum absolute atomic E-state index is 15.3. The molecule has 1 fully saturated rings. The van der Waals surface area contributed by atoms with Gasteiger partial charge < -0.3 is 24.8 Å². The first kappa shape index (κ1) is 26.3. The van der Waals surface area contributed by atoms with Gasteiger partial charge in [-0.3, -0.25) is 19.7 Å². The Morgan fingerprint density at radius 2 is 2.00 bits per heavy atom. The lowest BCUT2D eigenvalue weighted by Gasteiger charge is -2.30. The van der Waals surface area contributed by atoms with Gasteiger partial charge in [-0.1, -0.05) is 18.7 Å². The van der Waals surface area contributed by atoms with Gasteiger partial charge in [0, 0.05) is 36.1 Å². The fourth-order valence-corrected chi connectivity index (χ4v) is 4.51. The third-order valence-corrected chi connectivity index (χ3v) is 6.16. The summed E-state index contributed by atoms with van der Waals surface area (Å²) in [5, 5.41) is 13.0. The molecule has 0 spiro atoms. The molecule has 1 aliphatic rings. The summed E-state index contributed by atoms with van der Waals surface area (Å²) in [5.41, 5.74) is 1.99. The van der Waals surface area contributed by atoms with Crippen LogP contribution in [0.1, 0.15) is 0 Å². The lowest BCUT2D eigenvalue weighted by Crippen LogP contribution is -2.37. The molecule has 5 rings (SSSR count). The summed E-state index contributed by atoms with van der Waals surface area (Å²) in [6, 6.07) is 9.36. The monoisotopic (exact) mass is 555 g/mol. The maximum atomic E-state index is 15.3. The second-order valence-electron chi connectivity index (χ2n) is 8.41. The molecule has 0 aliphatic carbocycles. The van der Waals surface area contributed by atoms with Crippen molar-refractivity contribution in [2.45, 2.75) is 0 Å². The number of H-pyrrole nitrogens is 1. The molecular weight excluding hydrogens is 532 g/mol. The van der Waals surface area contributed by atoms with Gasteiger partial charge in [-0.05, 0) is 24.3 Å². The first-order valence-electron chi connectivity index (χ1n) is 11.6. The first-order chi connectivity index (χ1) is 18.7. The number of carbonyl (C=O) groups is 1. The molecule has 0 saturated carbocycles. The van der Waals surface area contributed by atoms with Crippen LogP contribution in [0, 0.1) is 5.82 Å². The lowest BCUT2D eigenvalue weighted by molar-refractivity contribution is -0.111. The molecule has 39 heavy (non-hydrogen) atoms. The molecule has 0 radical (unpaired) electrons. The summed E-state index contributed by atoms with van der Waals surface area (Å²) >= 11 is 0. The Kier molecular flexibility index (Phi) is 7.26. The van der Waals surface area contributed by atoms with E-state index in [9.17, 15) is 19.1 Å². The van der Waals surface area contributed by atoms with E-state index in [1.165, 1.54) is 6.07 Å². The van der Waals surface area contributed by atoms with Crippen LogP contribution < -0.4 is 20.1 Å². The molecule has 15 heteroatoms. The molecular formula is C24H23FN7O6P. The topological polar surface area (TPSA) is 175 Å². The highest BCUT2D eigenvalue weighted by Gasteiger charge is 2.26. The normalized spacial score (nSPS) is 13.8. The lowest BCUT2D eigenvalue weighted by atomic mass is 10.1. The van der Waals surface area contributed by atoms with Crippen molar-refractivity contribution in [2.24, 2.45) is 0 Å². The number of rotatable bonds is 8. The predicted octanol–water partition coefficient (Wildman–Crippen LogP) is 3.34. The van der Waals surface area contributed by atoms with Crippen LogP contribution >= 0.6 is 7.82 Å². The molecule has 0 bridgehead atoms. The number of aromatic nitrogens is 4. The number of nitrogens with one attached hydrogen (secondary N) is 3. The van der Waals surface area contributed by atoms with Crippen LogP contribution in [-0.4, -0.2) is 62.2 Å². The van der Waals surface area contributed by atoms with Crippen LogP contribution in [-0.2, 0) is 14.1 Å². The molecule has 2 aromatic heterocycles. The number of fused-ring (bicyclic) bond motifs is 1. The van der Waals surface area contributed by atoms with E-state index >= 15 is 4.39 Å². The van der Waals surface area contributed by atoms with Gasteiger partial charge in [-0.25, -0.2) is 13.9 Å². The molecule has 4 aromatic rings. The van der Waals surface area contributed by atoms with Gasteiger partial charge in [0.1, 0.15) is 5.69 Å². The Morgan fingerprint density at radius 3 is 2.74 bits per heavy atom. The van der Waals surface area contributed by atoms with Gasteiger partial charge in [0.25, 0.3) is 0 Å². The van der Waals surface area contributed by atoms with E-state index in [0.717, 1.165) is 12.1 Å². The summed E-state index contributed by atoms with van der Waals surface area (Å²) in [7, 11) is -5.01. The van der Waals surface area contributed by atoms with Crippen molar-refractivity contribution in [3.05, 3.63) is 61.1 Å². The average molecular weight is 555 g/mol. The van der Waals surface area contributed by atoms with Crippen molar-refractivity contribution in [3.63, 3.8) is 0 Å². The number of phosphoric ester groups is 1. The van der Waals surface area contributed by atoms with Gasteiger partial charge in [-0.15, -0.1) is 0 Å². The van der Waals surface area contributed by atoms with Crippen LogP contribution in [0.4, 0.5) is 27.4 Å². The minimum atomic E-state index is -5.01. The molecule has 1 amide bonds. The summed E-state index contributed by atoms with van der Waals surface area (Å²) in [6.45, 7) is 4.73. The van der Waals surface area contributed by atoms with E-state index in [0.29, 0.717) is 54.3 Å². The minimum Gasteiger partial charge on any atom is -0.402 e. The van der Waals surface area contributed by atoms with Crippen molar-refractivity contribution in [3.8, 4) is 17.0 Å². The molecule has 0 atom stereocenters. The zero-order valence-electron chi connectivity index (χ0n) is 20.3. The highest BCUT2D eigenvalue weighted by atomic mass is 31.2. The number of hydrogen-bond donors (Lipinski definition) is 5. The first-order valence-corrected chi connectivity index (χ1v) is 13.2. The number of aromatic amines is 1. The zero-order valence-corrected chi connectivity index (χ0v) is 21.2. The minimum absolute atomic E-state index is 0.0444. The summed E-state index contributed by atoms with van der Waals surface area (Å²) in [6.07, 6.45) is 2.70. The van der Waals surface area contributed by atoms with Crippen LogP contribution in [0.25, 0.3) is 22.3 Å². The Morgan fingerprint density at radius 1 is 1.21 bits per heavy atom. The molecule has 0 unspecified atom stereocenters. The Balaban J connectivity index is 1.53.